The van der Waals surface area contributed by atoms with E-state index in [1.54, 1.807) is 0 Å². The van der Waals surface area contributed by atoms with Crippen molar-refractivity contribution in [2.24, 2.45) is 0 Å². The van der Waals surface area contributed by atoms with Crippen LogP contribution in [-0.4, -0.2) is 43.5 Å². The van der Waals surface area contributed by atoms with E-state index in [1.165, 1.54) is 0 Å². The predicted molar refractivity (Wildman–Crippen MR) is 143 cm³/mol. The van der Waals surface area contributed by atoms with E-state index in [0.29, 0.717) is 25.3 Å². The van der Waals surface area contributed by atoms with Crippen molar-refractivity contribution in [1.82, 2.24) is 30.1 Å². The molecule has 1 aliphatic heterocycles. The van der Waals surface area contributed by atoms with Gasteiger partial charge >= 0.3 is 0 Å². The molecular weight excluding hydrogens is 484 g/mol. The number of benzene rings is 2. The molecule has 0 fully saturated rings. The van der Waals surface area contributed by atoms with Crippen molar-refractivity contribution in [2.45, 2.75) is 65.7 Å². The highest BCUT2D eigenvalue weighted by Crippen LogP contribution is 2.35. The Morgan fingerprint density at radius 2 is 1.89 bits per heavy atom. The molecule has 0 unspecified atom stereocenters. The lowest BCUT2D eigenvalue weighted by Crippen LogP contribution is -2.35. The Kier molecular flexibility index (Phi) is 7.07. The summed E-state index contributed by atoms with van der Waals surface area (Å²) < 4.78 is 18.7. The van der Waals surface area contributed by atoms with Crippen LogP contribution in [0, 0.1) is 0 Å². The molecule has 0 radical (unpaired) electrons. The Hall–Kier alpha value is -3.92. The number of aromatic nitrogens is 5. The summed E-state index contributed by atoms with van der Waals surface area (Å²) in [4.78, 5) is 18.5. The van der Waals surface area contributed by atoms with Gasteiger partial charge in [-0.25, -0.2) is 4.68 Å². The van der Waals surface area contributed by atoms with Crippen LogP contribution in [0.15, 0.2) is 47.3 Å². The molecule has 2 aromatic carbocycles. The van der Waals surface area contributed by atoms with Crippen molar-refractivity contribution >= 4 is 10.9 Å². The van der Waals surface area contributed by atoms with Crippen LogP contribution in [0.25, 0.3) is 10.9 Å². The summed E-state index contributed by atoms with van der Waals surface area (Å²) in [5.74, 6) is 2.99. The summed E-state index contributed by atoms with van der Waals surface area (Å²) in [6.07, 6.45) is 0.751. The van der Waals surface area contributed by atoms with Crippen LogP contribution in [0.3, 0.4) is 0 Å². The van der Waals surface area contributed by atoms with Crippen LogP contribution in [0.2, 0.25) is 0 Å². The van der Waals surface area contributed by atoms with Crippen LogP contribution in [0.5, 0.6) is 17.2 Å². The second-order valence-corrected chi connectivity index (χ2v) is 10.4. The molecule has 0 spiro atoms. The van der Waals surface area contributed by atoms with E-state index >= 15 is 0 Å². The molecule has 3 heterocycles. The number of ether oxygens (including phenoxy) is 3. The Bertz CT molecular complexity index is 1490. The Morgan fingerprint density at radius 1 is 1.08 bits per heavy atom. The number of H-pyrrole nitrogens is 1. The standard InChI is InChI=1S/C28H34N6O4/c1-6-23(26-30-31-32-34(26)28(3,4)5)33(15-18-8-11-24-25(12-18)38-17-37-24)16-20-13-19-14-21(36-7-2)9-10-22(19)29-27(20)35/h8-14,23H,6-7,15-17H2,1-5H3,(H,29,35)/t23-/m1/s1. The zero-order valence-corrected chi connectivity index (χ0v) is 22.5. The molecule has 10 nitrogen and oxygen atoms in total. The van der Waals surface area contributed by atoms with Gasteiger partial charge in [-0.3, -0.25) is 9.69 Å². The first-order chi connectivity index (χ1) is 18.3. The molecule has 0 saturated heterocycles. The summed E-state index contributed by atoms with van der Waals surface area (Å²) in [5, 5.41) is 13.7. The molecule has 2 aromatic heterocycles. The highest BCUT2D eigenvalue weighted by Gasteiger charge is 2.30. The van der Waals surface area contributed by atoms with Gasteiger partial charge in [-0.1, -0.05) is 13.0 Å². The average Bonchev–Trinajstić information content (AvgIpc) is 3.55. The van der Waals surface area contributed by atoms with Crippen molar-refractivity contribution in [1.29, 1.82) is 0 Å². The predicted octanol–water partition coefficient (Wildman–Crippen LogP) is 4.55. The van der Waals surface area contributed by atoms with Gasteiger partial charge in [-0.15, -0.1) is 5.10 Å². The number of fused-ring (bicyclic) bond motifs is 2. The number of rotatable bonds is 9. The lowest BCUT2D eigenvalue weighted by molar-refractivity contribution is 0.153. The van der Waals surface area contributed by atoms with Crippen molar-refractivity contribution in [3.63, 3.8) is 0 Å². The van der Waals surface area contributed by atoms with Crippen LogP contribution in [-0.2, 0) is 18.6 Å². The van der Waals surface area contributed by atoms with E-state index in [-0.39, 0.29) is 23.9 Å². The van der Waals surface area contributed by atoms with E-state index < -0.39 is 0 Å². The van der Waals surface area contributed by atoms with Crippen LogP contribution in [0.1, 0.15) is 64.0 Å². The van der Waals surface area contributed by atoms with Gasteiger partial charge in [0.1, 0.15) is 5.75 Å². The van der Waals surface area contributed by atoms with E-state index in [1.807, 2.05) is 54.1 Å². The fourth-order valence-electron chi connectivity index (χ4n) is 4.86. The second kappa shape index (κ2) is 10.4. The molecule has 1 atom stereocenters. The lowest BCUT2D eigenvalue weighted by atomic mass is 10.0. The van der Waals surface area contributed by atoms with Gasteiger partial charge in [0, 0.05) is 29.6 Å². The van der Waals surface area contributed by atoms with Crippen LogP contribution in [0.4, 0.5) is 0 Å². The third kappa shape index (κ3) is 5.22. The fourth-order valence-corrected chi connectivity index (χ4v) is 4.86. The molecule has 38 heavy (non-hydrogen) atoms. The number of nitrogens with one attached hydrogen (secondary N) is 1. The fraction of sp³-hybridized carbons (Fsp3) is 0.429. The summed E-state index contributed by atoms with van der Waals surface area (Å²) >= 11 is 0. The van der Waals surface area contributed by atoms with Gasteiger partial charge in [0.15, 0.2) is 17.3 Å². The molecule has 0 aliphatic carbocycles. The number of tetrazole rings is 1. The molecule has 10 heteroatoms. The van der Waals surface area contributed by atoms with Gasteiger partial charge in [-0.05, 0) is 86.5 Å². The minimum Gasteiger partial charge on any atom is -0.494 e. The number of aromatic amines is 1. The minimum absolute atomic E-state index is 0.123. The van der Waals surface area contributed by atoms with E-state index in [9.17, 15) is 4.79 Å². The summed E-state index contributed by atoms with van der Waals surface area (Å²) in [7, 11) is 0. The summed E-state index contributed by atoms with van der Waals surface area (Å²) in [6, 6.07) is 13.5. The maximum absolute atomic E-state index is 13.2. The smallest absolute Gasteiger partial charge is 0.252 e. The van der Waals surface area contributed by atoms with Gasteiger partial charge in [0.2, 0.25) is 6.79 Å². The number of hydrogen-bond donors (Lipinski definition) is 1. The van der Waals surface area contributed by atoms with E-state index in [0.717, 1.165) is 46.0 Å². The largest absolute Gasteiger partial charge is 0.494 e. The molecule has 5 rings (SSSR count). The Balaban J connectivity index is 1.55. The normalized spacial score (nSPS) is 13.8. The first-order valence-electron chi connectivity index (χ1n) is 13.0. The molecule has 0 bridgehead atoms. The first kappa shape index (κ1) is 25.7. The highest BCUT2D eigenvalue weighted by molar-refractivity contribution is 5.80. The molecule has 0 saturated carbocycles. The van der Waals surface area contributed by atoms with Crippen molar-refractivity contribution in [3.8, 4) is 17.2 Å². The van der Waals surface area contributed by atoms with Crippen molar-refractivity contribution < 1.29 is 14.2 Å². The lowest BCUT2D eigenvalue weighted by Gasteiger charge is -2.32. The molecule has 1 aliphatic rings. The minimum atomic E-state index is -0.299. The third-order valence-electron chi connectivity index (χ3n) is 6.65. The van der Waals surface area contributed by atoms with Gasteiger partial charge in [0.25, 0.3) is 5.56 Å². The van der Waals surface area contributed by atoms with Crippen LogP contribution >= 0.6 is 0 Å². The van der Waals surface area contributed by atoms with Crippen molar-refractivity contribution in [2.75, 3.05) is 13.4 Å². The zero-order chi connectivity index (χ0) is 26.9. The second-order valence-electron chi connectivity index (χ2n) is 10.4. The summed E-state index contributed by atoms with van der Waals surface area (Å²) in [5.41, 5.74) is 2.04. The molecular formula is C28H34N6O4. The molecule has 0 amide bonds. The number of nitrogens with zero attached hydrogens (tertiary/aromatic N) is 5. The van der Waals surface area contributed by atoms with Crippen molar-refractivity contribution in [3.05, 3.63) is 69.8 Å². The Labute approximate surface area is 221 Å². The first-order valence-corrected chi connectivity index (χ1v) is 13.0. The number of pyridine rings is 1. The third-order valence-corrected chi connectivity index (χ3v) is 6.65. The van der Waals surface area contributed by atoms with Gasteiger partial charge in [0.05, 0.1) is 18.2 Å². The summed E-state index contributed by atoms with van der Waals surface area (Å²) in [6.45, 7) is 12.0. The zero-order valence-electron chi connectivity index (χ0n) is 22.5. The van der Waals surface area contributed by atoms with Gasteiger partial charge < -0.3 is 19.2 Å². The van der Waals surface area contributed by atoms with E-state index in [2.05, 4.69) is 53.1 Å². The molecule has 1 N–H and O–H groups in total. The topological polar surface area (TPSA) is 107 Å². The maximum Gasteiger partial charge on any atom is 0.252 e. The number of hydrogen-bond acceptors (Lipinski definition) is 8. The SMILES string of the molecule is CCOc1ccc2[nH]c(=O)c(CN(Cc3ccc4c(c3)OCO4)[C@H](CC)c3nnnn3C(C)(C)C)cc2c1. The quantitative estimate of drug-likeness (QED) is 0.344. The van der Waals surface area contributed by atoms with Crippen LogP contribution < -0.4 is 19.8 Å². The maximum atomic E-state index is 13.2. The molecule has 200 valence electrons. The van der Waals surface area contributed by atoms with Gasteiger partial charge in [-0.2, -0.15) is 0 Å². The Morgan fingerprint density at radius 3 is 2.66 bits per heavy atom. The average molecular weight is 519 g/mol. The highest BCUT2D eigenvalue weighted by atomic mass is 16.7. The monoisotopic (exact) mass is 518 g/mol. The molecule has 4 aromatic rings. The van der Waals surface area contributed by atoms with E-state index in [4.69, 9.17) is 14.2 Å².